The summed E-state index contributed by atoms with van der Waals surface area (Å²) in [7, 11) is 0. The lowest BCUT2D eigenvalue weighted by atomic mass is 10.2. The smallest absolute Gasteiger partial charge is 0.312 e. The molecule has 1 aromatic carbocycles. The third kappa shape index (κ3) is 2.70. The van der Waals surface area contributed by atoms with Crippen LogP contribution in [0, 0.1) is 15.5 Å². The van der Waals surface area contributed by atoms with Crippen LogP contribution in [-0.4, -0.2) is 17.7 Å². The van der Waals surface area contributed by atoms with Crippen LogP contribution in [0.15, 0.2) is 18.2 Å². The Morgan fingerprint density at radius 3 is 2.67 bits per heavy atom. The van der Waals surface area contributed by atoms with Crippen molar-refractivity contribution >= 4 is 17.6 Å². The van der Waals surface area contributed by atoms with Crippen LogP contribution in [0.1, 0.15) is 5.56 Å². The van der Waals surface area contributed by atoms with E-state index in [1.165, 1.54) is 6.07 Å². The van der Waals surface area contributed by atoms with Crippen molar-refractivity contribution in [2.45, 2.75) is 6.55 Å². The van der Waals surface area contributed by atoms with Crippen molar-refractivity contribution in [2.75, 3.05) is 5.32 Å². The number of halogens is 2. The van der Waals surface area contributed by atoms with E-state index < -0.39 is 11.5 Å². The van der Waals surface area contributed by atoms with Crippen molar-refractivity contribution < 1.29 is 13.7 Å². The highest BCUT2D eigenvalue weighted by Crippen LogP contribution is 2.22. The molecule has 15 heavy (non-hydrogen) atoms. The minimum Gasteiger partial charge on any atom is -0.329 e. The molecule has 2 N–H and O–H groups in total. The first kappa shape index (κ1) is 11.0. The van der Waals surface area contributed by atoms with E-state index in [2.05, 4.69) is 0 Å². The van der Waals surface area contributed by atoms with Crippen molar-refractivity contribution in [3.63, 3.8) is 0 Å². The van der Waals surface area contributed by atoms with E-state index >= 15 is 0 Å². The fourth-order valence-corrected chi connectivity index (χ4v) is 1.03. The molecule has 0 heterocycles. The van der Waals surface area contributed by atoms with E-state index in [9.17, 15) is 18.9 Å². The van der Waals surface area contributed by atoms with Gasteiger partial charge in [-0.05, 0) is 6.07 Å². The normalized spacial score (nSPS) is 10.1. The Hall–Kier alpha value is -2.05. The predicted molar refractivity (Wildman–Crippen MR) is 50.6 cm³/mol. The number of non-ortho nitro benzene ring substituents is 1. The van der Waals surface area contributed by atoms with Crippen LogP contribution in [0.3, 0.4) is 0 Å². The van der Waals surface area contributed by atoms with Gasteiger partial charge in [0.25, 0.3) is 5.69 Å². The number of rotatable bonds is 4. The molecule has 1 aromatic rings. The van der Waals surface area contributed by atoms with Gasteiger partial charge in [-0.3, -0.25) is 10.1 Å². The van der Waals surface area contributed by atoms with E-state index in [1.54, 1.807) is 5.32 Å². The second-order valence-electron chi connectivity index (χ2n) is 2.62. The number of anilines is 1. The van der Waals surface area contributed by atoms with Crippen molar-refractivity contribution in [3.8, 4) is 0 Å². The number of nitrogens with one attached hydrogen (secondary N) is 2. The van der Waals surface area contributed by atoms with Gasteiger partial charge in [0.2, 0.25) is 0 Å². The quantitative estimate of drug-likeness (QED) is 0.350. The van der Waals surface area contributed by atoms with Crippen molar-refractivity contribution in [3.05, 3.63) is 33.9 Å². The first-order valence-corrected chi connectivity index (χ1v) is 3.88. The predicted octanol–water partition coefficient (Wildman–Crippen LogP) is 2.23. The van der Waals surface area contributed by atoms with Gasteiger partial charge in [0.1, 0.15) is 0 Å². The van der Waals surface area contributed by atoms with Crippen LogP contribution in [0.2, 0.25) is 0 Å². The number of hydrogen-bond acceptors (Lipinski definition) is 4. The number of alkyl halides is 2. The van der Waals surface area contributed by atoms with Crippen LogP contribution in [0.4, 0.5) is 20.2 Å². The molecule has 0 aliphatic rings. The minimum absolute atomic E-state index is 0.130. The van der Waals surface area contributed by atoms with Gasteiger partial charge in [0.05, 0.1) is 10.6 Å². The zero-order chi connectivity index (χ0) is 11.4. The third-order valence-corrected chi connectivity index (χ3v) is 1.67. The molecule has 80 valence electrons. The van der Waals surface area contributed by atoms with Gasteiger partial charge in [-0.15, -0.1) is 0 Å². The largest absolute Gasteiger partial charge is 0.329 e. The molecule has 0 radical (unpaired) electrons. The first-order chi connectivity index (χ1) is 7.04. The van der Waals surface area contributed by atoms with Crippen molar-refractivity contribution in [1.82, 2.24) is 0 Å². The Labute approximate surface area is 83.4 Å². The molecule has 0 fully saturated rings. The van der Waals surface area contributed by atoms with Gasteiger partial charge in [-0.2, -0.15) is 8.78 Å². The Balaban J connectivity index is 3.12. The highest BCUT2D eigenvalue weighted by Gasteiger charge is 2.12. The molecule has 7 heteroatoms. The van der Waals surface area contributed by atoms with Crippen molar-refractivity contribution in [2.24, 2.45) is 0 Å². The number of nitro groups is 1. The van der Waals surface area contributed by atoms with Gasteiger partial charge in [0, 0.05) is 23.9 Å². The van der Waals surface area contributed by atoms with Crippen LogP contribution >= 0.6 is 0 Å². The molecular weight excluding hydrogens is 208 g/mol. The summed E-state index contributed by atoms with van der Waals surface area (Å²) in [5, 5.41) is 19.0. The van der Waals surface area contributed by atoms with Gasteiger partial charge >= 0.3 is 6.55 Å². The van der Waals surface area contributed by atoms with Crippen molar-refractivity contribution in [1.29, 1.82) is 5.41 Å². The van der Waals surface area contributed by atoms with Crippen LogP contribution < -0.4 is 5.32 Å². The zero-order valence-corrected chi connectivity index (χ0v) is 7.41. The maximum atomic E-state index is 12.0. The maximum absolute atomic E-state index is 12.0. The summed E-state index contributed by atoms with van der Waals surface area (Å²) in [6.45, 7) is -2.83. The van der Waals surface area contributed by atoms with E-state index in [0.717, 1.165) is 18.3 Å². The molecule has 0 aromatic heterocycles. The first-order valence-electron chi connectivity index (χ1n) is 3.88. The second-order valence-corrected chi connectivity index (χ2v) is 2.62. The SMILES string of the molecule is N=Cc1ccc([N+](=O)[O-])cc1NC(F)F. The lowest BCUT2D eigenvalue weighted by Gasteiger charge is -2.07. The van der Waals surface area contributed by atoms with E-state index in [-0.39, 0.29) is 16.9 Å². The van der Waals surface area contributed by atoms with Gasteiger partial charge in [-0.1, -0.05) is 0 Å². The lowest BCUT2D eigenvalue weighted by Crippen LogP contribution is -2.08. The molecule has 0 amide bonds. The molecular formula is C8H7F2N3O2. The minimum atomic E-state index is -2.83. The third-order valence-electron chi connectivity index (χ3n) is 1.67. The summed E-state index contributed by atoms with van der Waals surface area (Å²) in [5.41, 5.74) is -0.265. The molecule has 5 nitrogen and oxygen atoms in total. The summed E-state index contributed by atoms with van der Waals surface area (Å²) in [6.07, 6.45) is 0.842. The molecule has 0 aliphatic carbocycles. The van der Waals surface area contributed by atoms with E-state index in [1.807, 2.05) is 0 Å². The number of benzene rings is 1. The monoisotopic (exact) mass is 215 g/mol. The summed E-state index contributed by atoms with van der Waals surface area (Å²) < 4.78 is 24.0. The lowest BCUT2D eigenvalue weighted by molar-refractivity contribution is -0.384. The summed E-state index contributed by atoms with van der Waals surface area (Å²) in [6, 6.07) is 3.35. The average Bonchev–Trinajstić information content (AvgIpc) is 2.16. The van der Waals surface area contributed by atoms with Crippen LogP contribution in [0.25, 0.3) is 0 Å². The Morgan fingerprint density at radius 1 is 1.53 bits per heavy atom. The fraction of sp³-hybridized carbons (Fsp3) is 0.125. The Kier molecular flexibility index (Phi) is 3.27. The van der Waals surface area contributed by atoms with Gasteiger partial charge in [0.15, 0.2) is 0 Å². The molecule has 0 saturated heterocycles. The standard InChI is InChI=1S/C8H7F2N3O2/c9-8(10)12-7-3-6(13(14)15)2-1-5(7)4-11/h1-4,8,11-12H. The second kappa shape index (κ2) is 4.45. The Morgan fingerprint density at radius 2 is 2.20 bits per heavy atom. The highest BCUT2D eigenvalue weighted by atomic mass is 19.3. The number of hydrogen-bond donors (Lipinski definition) is 2. The Bertz CT molecular complexity index is 395. The molecule has 0 spiro atoms. The average molecular weight is 215 g/mol. The van der Waals surface area contributed by atoms with Gasteiger partial charge in [-0.25, -0.2) is 0 Å². The molecule has 1 rings (SSSR count). The summed E-state index contributed by atoms with van der Waals surface area (Å²) in [4.78, 5) is 9.68. The summed E-state index contributed by atoms with van der Waals surface area (Å²) >= 11 is 0. The van der Waals surface area contributed by atoms with E-state index in [0.29, 0.717) is 0 Å². The molecule has 0 saturated carbocycles. The van der Waals surface area contributed by atoms with Crippen LogP contribution in [0.5, 0.6) is 0 Å². The molecule has 0 unspecified atom stereocenters. The van der Waals surface area contributed by atoms with Crippen LogP contribution in [-0.2, 0) is 0 Å². The summed E-state index contributed by atoms with van der Waals surface area (Å²) in [5.74, 6) is 0. The maximum Gasteiger partial charge on any atom is 0.312 e. The molecule has 0 atom stereocenters. The molecule has 0 bridgehead atoms. The highest BCUT2D eigenvalue weighted by molar-refractivity contribution is 5.86. The van der Waals surface area contributed by atoms with Gasteiger partial charge < -0.3 is 10.7 Å². The van der Waals surface area contributed by atoms with E-state index in [4.69, 9.17) is 5.41 Å². The topological polar surface area (TPSA) is 79.0 Å². The molecule has 0 aliphatic heterocycles. The zero-order valence-electron chi connectivity index (χ0n) is 7.41. The number of nitro benzene ring substituents is 1. The fourth-order valence-electron chi connectivity index (χ4n) is 1.03. The number of nitrogens with zero attached hydrogens (tertiary/aromatic N) is 1.